The van der Waals surface area contributed by atoms with Crippen LogP contribution in [0.15, 0.2) is 0 Å². The first-order chi connectivity index (χ1) is 8.41. The van der Waals surface area contributed by atoms with Crippen molar-refractivity contribution >= 4 is 27.9 Å². The second-order valence-corrected chi connectivity index (χ2v) is 6.32. The Balaban J connectivity index is 2.85. The topological polar surface area (TPSA) is 20.2 Å². The molecule has 2 heteroatoms. The van der Waals surface area contributed by atoms with E-state index in [1.54, 1.807) is 0 Å². The van der Waals surface area contributed by atoms with Gasteiger partial charge in [-0.2, -0.15) is 0 Å². The molecular weight excluding hydrogens is 219 g/mol. The summed E-state index contributed by atoms with van der Waals surface area (Å²) in [6.45, 7) is 0.375. The van der Waals surface area contributed by atoms with Crippen LogP contribution < -0.4 is 0 Å². The Kier molecular flexibility index (Phi) is 17.9. The zero-order valence-corrected chi connectivity index (χ0v) is 14.1. The van der Waals surface area contributed by atoms with Crippen LogP contribution in [0.5, 0.6) is 0 Å². The van der Waals surface area contributed by atoms with Crippen LogP contribution in [0.1, 0.15) is 83.5 Å². The zero-order valence-electron chi connectivity index (χ0n) is 12.1. The van der Waals surface area contributed by atoms with Crippen molar-refractivity contribution < 1.29 is 5.11 Å². The van der Waals surface area contributed by atoms with Gasteiger partial charge in [-0.15, -0.1) is 0 Å². The van der Waals surface area contributed by atoms with Gasteiger partial charge in [-0.3, -0.25) is 0 Å². The van der Waals surface area contributed by atoms with Crippen LogP contribution in [0.4, 0.5) is 0 Å². The van der Waals surface area contributed by atoms with Gasteiger partial charge < -0.3 is 5.11 Å². The third kappa shape index (κ3) is 17.0. The van der Waals surface area contributed by atoms with Gasteiger partial charge in [0, 0.05) is 6.61 Å². The molecule has 0 aliphatic rings. The van der Waals surface area contributed by atoms with Crippen molar-refractivity contribution in [2.24, 2.45) is 0 Å². The molecule has 0 saturated heterocycles. The summed E-state index contributed by atoms with van der Waals surface area (Å²) in [6, 6.07) is 0. The summed E-state index contributed by atoms with van der Waals surface area (Å²) in [5.41, 5.74) is 0. The van der Waals surface area contributed by atoms with E-state index in [0.717, 1.165) is 6.42 Å². The van der Waals surface area contributed by atoms with E-state index in [1.807, 2.05) is 0 Å². The first-order valence-corrected chi connectivity index (χ1v) is 9.44. The number of rotatable bonds is 14. The third-order valence-electron chi connectivity index (χ3n) is 3.51. The van der Waals surface area contributed by atoms with Crippen LogP contribution in [0.2, 0.25) is 3.67 Å². The number of unbranched alkanes of at least 4 members (excludes halogenated alkanes) is 12. The van der Waals surface area contributed by atoms with Crippen LogP contribution in [-0.4, -0.2) is 39.6 Å². The minimum absolute atomic E-state index is 0.375. The van der Waals surface area contributed by atoms with Crippen molar-refractivity contribution in [1.82, 2.24) is 0 Å². The summed E-state index contributed by atoms with van der Waals surface area (Å²) in [4.78, 5) is 0. The predicted molar refractivity (Wildman–Crippen MR) is 77.7 cm³/mol. The van der Waals surface area contributed by atoms with Crippen molar-refractivity contribution in [2.75, 3.05) is 6.61 Å². The van der Waals surface area contributed by atoms with E-state index >= 15 is 0 Å². The number of hydrogen-bond acceptors (Lipinski definition) is 1. The second-order valence-electron chi connectivity index (χ2n) is 5.32. The number of aliphatic hydroxyl groups excluding tert-OH is 1. The molecule has 0 rings (SSSR count). The molecule has 1 nitrogen and oxygen atoms in total. The average molecular weight is 250 g/mol. The fourth-order valence-electron chi connectivity index (χ4n) is 2.31. The summed E-state index contributed by atoms with van der Waals surface area (Å²) in [5.74, 6) is 0. The monoisotopic (exact) mass is 250 g/mol. The fourth-order valence-corrected chi connectivity index (χ4v) is 2.81. The minimum atomic E-state index is 0.375. The standard InChI is InChI=1S/C15H31O.Na/c1-2-3-4-5-6-7-8-9-10-11-12-13-14-15-16;/h16H,1-15H2;. The van der Waals surface area contributed by atoms with Gasteiger partial charge in [0.1, 0.15) is 0 Å². The summed E-state index contributed by atoms with van der Waals surface area (Å²) in [7, 11) is 0. The first-order valence-electron chi connectivity index (χ1n) is 8.02. The molecule has 0 amide bonds. The van der Waals surface area contributed by atoms with Gasteiger partial charge in [0.25, 0.3) is 0 Å². The second kappa shape index (κ2) is 17.0. The van der Waals surface area contributed by atoms with Gasteiger partial charge in [0.2, 0.25) is 0 Å². The Morgan fingerprint density at radius 1 is 0.471 bits per heavy atom. The van der Waals surface area contributed by atoms with Crippen LogP contribution in [0, 0.1) is 0 Å². The van der Waals surface area contributed by atoms with E-state index in [1.165, 1.54) is 109 Å². The van der Waals surface area contributed by atoms with Gasteiger partial charge >= 0.3 is 102 Å². The van der Waals surface area contributed by atoms with Gasteiger partial charge in [-0.1, -0.05) is 6.42 Å². The van der Waals surface area contributed by atoms with E-state index in [-0.39, 0.29) is 0 Å². The average Bonchev–Trinajstić information content (AvgIpc) is 2.35. The number of hydrogen-bond donors (Lipinski definition) is 1. The summed E-state index contributed by atoms with van der Waals surface area (Å²) < 4.78 is 1.50. The first kappa shape index (κ1) is 18.0. The molecule has 0 saturated carbocycles. The molecule has 0 atom stereocenters. The van der Waals surface area contributed by atoms with Crippen molar-refractivity contribution in [3.63, 3.8) is 0 Å². The molecule has 0 aromatic rings. The molecule has 17 heavy (non-hydrogen) atoms. The molecule has 0 aliphatic heterocycles. The Hall–Kier alpha value is 0.960. The molecule has 0 unspecified atom stereocenters. The molecule has 0 aliphatic carbocycles. The molecule has 0 aromatic carbocycles. The summed E-state index contributed by atoms with van der Waals surface area (Å²) in [5, 5.41) is 8.65. The van der Waals surface area contributed by atoms with Crippen LogP contribution in [0.3, 0.4) is 0 Å². The fraction of sp³-hybridized carbons (Fsp3) is 1.00. The van der Waals surface area contributed by atoms with E-state index in [2.05, 4.69) is 0 Å². The van der Waals surface area contributed by atoms with E-state index in [9.17, 15) is 0 Å². The molecule has 98 valence electrons. The van der Waals surface area contributed by atoms with E-state index in [0.29, 0.717) is 6.61 Å². The summed E-state index contributed by atoms with van der Waals surface area (Å²) in [6.07, 6.45) is 18.0. The molecule has 0 aromatic heterocycles. The third-order valence-corrected chi connectivity index (χ3v) is 4.22. The van der Waals surface area contributed by atoms with Gasteiger partial charge in [0.05, 0.1) is 0 Å². The molecular formula is C15H31NaO. The quantitative estimate of drug-likeness (QED) is 0.352. The Morgan fingerprint density at radius 3 is 1.06 bits per heavy atom. The Morgan fingerprint density at radius 2 is 0.765 bits per heavy atom. The number of aliphatic hydroxyl groups is 1. The molecule has 0 heterocycles. The van der Waals surface area contributed by atoms with Gasteiger partial charge in [0.15, 0.2) is 0 Å². The van der Waals surface area contributed by atoms with Crippen LogP contribution in [0.25, 0.3) is 0 Å². The predicted octanol–water partition coefficient (Wildman–Crippen LogP) is 4.64. The van der Waals surface area contributed by atoms with Gasteiger partial charge in [-0.25, -0.2) is 0 Å². The van der Waals surface area contributed by atoms with Crippen molar-refractivity contribution in [3.8, 4) is 0 Å². The SMILES string of the molecule is OCCCCCCCCCCCCCC[CH2][Na]. The van der Waals surface area contributed by atoms with Crippen LogP contribution in [-0.2, 0) is 0 Å². The Bertz CT molecular complexity index is 114. The molecule has 0 spiro atoms. The zero-order chi connectivity index (χ0) is 12.6. The summed E-state index contributed by atoms with van der Waals surface area (Å²) >= 11 is 1.40. The molecule has 1 N–H and O–H groups in total. The maximum absolute atomic E-state index is 8.65. The van der Waals surface area contributed by atoms with Crippen molar-refractivity contribution in [2.45, 2.75) is 87.1 Å². The maximum atomic E-state index is 8.65. The normalized spacial score (nSPS) is 11.0. The molecule has 0 radical (unpaired) electrons. The molecule has 0 bridgehead atoms. The molecule has 0 fully saturated rings. The van der Waals surface area contributed by atoms with E-state index < -0.39 is 0 Å². The van der Waals surface area contributed by atoms with Crippen molar-refractivity contribution in [1.29, 1.82) is 0 Å². The van der Waals surface area contributed by atoms with E-state index in [4.69, 9.17) is 5.11 Å². The van der Waals surface area contributed by atoms with Crippen molar-refractivity contribution in [3.05, 3.63) is 0 Å². The Labute approximate surface area is 126 Å². The van der Waals surface area contributed by atoms with Gasteiger partial charge in [-0.05, 0) is 6.42 Å². The van der Waals surface area contributed by atoms with Crippen LogP contribution >= 0.6 is 0 Å².